The summed E-state index contributed by atoms with van der Waals surface area (Å²) in [5, 5.41) is 0. The third-order valence-corrected chi connectivity index (χ3v) is 2.72. The first-order chi connectivity index (χ1) is 8.11. The Morgan fingerprint density at radius 2 is 1.94 bits per heavy atom. The first kappa shape index (κ1) is 11.8. The SMILES string of the molecule is Cc1cc(C(NN)c2nccn2C)cc(C)n1. The van der Waals surface area contributed by atoms with E-state index in [4.69, 9.17) is 5.84 Å². The van der Waals surface area contributed by atoms with Crippen LogP contribution in [0, 0.1) is 13.8 Å². The van der Waals surface area contributed by atoms with Crippen LogP contribution in [0.5, 0.6) is 0 Å². The number of hydrogen-bond acceptors (Lipinski definition) is 4. The van der Waals surface area contributed by atoms with E-state index in [1.54, 1.807) is 6.20 Å². The minimum atomic E-state index is -0.115. The number of aryl methyl sites for hydroxylation is 3. The first-order valence-corrected chi connectivity index (χ1v) is 5.50. The number of aromatic nitrogens is 3. The lowest BCUT2D eigenvalue weighted by Crippen LogP contribution is -2.31. The Morgan fingerprint density at radius 3 is 2.41 bits per heavy atom. The molecule has 5 nitrogen and oxygen atoms in total. The second-order valence-corrected chi connectivity index (χ2v) is 4.18. The lowest BCUT2D eigenvalue weighted by atomic mass is 10.1. The average molecular weight is 231 g/mol. The molecule has 0 spiro atoms. The molecule has 2 aromatic rings. The molecule has 2 aromatic heterocycles. The Hall–Kier alpha value is -1.72. The van der Waals surface area contributed by atoms with Crippen LogP contribution in [0.1, 0.15) is 28.8 Å². The van der Waals surface area contributed by atoms with Crippen LogP contribution in [0.3, 0.4) is 0 Å². The monoisotopic (exact) mass is 231 g/mol. The number of rotatable bonds is 3. The Labute approximate surface area is 101 Å². The van der Waals surface area contributed by atoms with E-state index in [1.807, 2.05) is 43.8 Å². The van der Waals surface area contributed by atoms with E-state index < -0.39 is 0 Å². The van der Waals surface area contributed by atoms with Gasteiger partial charge in [0.1, 0.15) is 11.9 Å². The zero-order valence-corrected chi connectivity index (χ0v) is 10.3. The zero-order chi connectivity index (χ0) is 12.4. The third-order valence-electron chi connectivity index (χ3n) is 2.72. The van der Waals surface area contributed by atoms with Crippen molar-refractivity contribution in [1.29, 1.82) is 0 Å². The van der Waals surface area contributed by atoms with E-state index in [1.165, 1.54) is 0 Å². The van der Waals surface area contributed by atoms with Gasteiger partial charge in [0.25, 0.3) is 0 Å². The lowest BCUT2D eigenvalue weighted by Gasteiger charge is -2.17. The van der Waals surface area contributed by atoms with Gasteiger partial charge < -0.3 is 4.57 Å². The summed E-state index contributed by atoms with van der Waals surface area (Å²) < 4.78 is 1.95. The molecule has 1 atom stereocenters. The summed E-state index contributed by atoms with van der Waals surface area (Å²) in [5.74, 6) is 6.53. The van der Waals surface area contributed by atoms with Gasteiger partial charge in [-0.15, -0.1) is 0 Å². The second-order valence-electron chi connectivity index (χ2n) is 4.18. The molecule has 17 heavy (non-hydrogen) atoms. The van der Waals surface area contributed by atoms with Crippen LogP contribution in [0.15, 0.2) is 24.5 Å². The number of hydrogen-bond donors (Lipinski definition) is 2. The molecule has 0 aliphatic carbocycles. The van der Waals surface area contributed by atoms with Gasteiger partial charge in [0.05, 0.1) is 0 Å². The van der Waals surface area contributed by atoms with E-state index in [2.05, 4.69) is 15.4 Å². The van der Waals surface area contributed by atoms with Crippen LogP contribution in [-0.4, -0.2) is 14.5 Å². The van der Waals surface area contributed by atoms with Crippen molar-refractivity contribution in [3.05, 3.63) is 47.3 Å². The molecule has 0 radical (unpaired) electrons. The first-order valence-electron chi connectivity index (χ1n) is 5.50. The van der Waals surface area contributed by atoms with Crippen LogP contribution >= 0.6 is 0 Å². The number of hydrazine groups is 1. The van der Waals surface area contributed by atoms with Crippen molar-refractivity contribution in [2.24, 2.45) is 12.9 Å². The van der Waals surface area contributed by atoms with Crippen molar-refractivity contribution in [2.75, 3.05) is 0 Å². The van der Waals surface area contributed by atoms with Gasteiger partial charge in [0.2, 0.25) is 0 Å². The van der Waals surface area contributed by atoms with Gasteiger partial charge in [-0.1, -0.05) is 0 Å². The summed E-state index contributed by atoms with van der Waals surface area (Å²) in [6.07, 6.45) is 3.67. The summed E-state index contributed by atoms with van der Waals surface area (Å²) in [6, 6.07) is 3.92. The Bertz CT molecular complexity index is 497. The summed E-state index contributed by atoms with van der Waals surface area (Å²) in [5.41, 5.74) is 5.84. The van der Waals surface area contributed by atoms with E-state index in [9.17, 15) is 0 Å². The van der Waals surface area contributed by atoms with Crippen molar-refractivity contribution >= 4 is 0 Å². The normalized spacial score (nSPS) is 12.7. The predicted octanol–water partition coefficient (Wildman–Crippen LogP) is 0.985. The maximum Gasteiger partial charge on any atom is 0.131 e. The van der Waals surface area contributed by atoms with Crippen molar-refractivity contribution in [3.8, 4) is 0 Å². The molecule has 2 heterocycles. The highest BCUT2D eigenvalue weighted by molar-refractivity contribution is 5.28. The molecule has 0 saturated heterocycles. The second kappa shape index (κ2) is 4.65. The minimum absolute atomic E-state index is 0.115. The molecule has 2 rings (SSSR count). The highest BCUT2D eigenvalue weighted by Gasteiger charge is 2.17. The molecular formula is C12H17N5. The standard InChI is InChI=1S/C12H17N5/c1-8-6-10(7-9(2)15-8)11(16-13)12-14-4-5-17(12)3/h4-7,11,16H,13H2,1-3H3. The van der Waals surface area contributed by atoms with Crippen molar-refractivity contribution < 1.29 is 0 Å². The number of pyridine rings is 1. The quantitative estimate of drug-likeness (QED) is 0.610. The molecule has 0 aromatic carbocycles. The maximum absolute atomic E-state index is 5.64. The van der Waals surface area contributed by atoms with Gasteiger partial charge in [-0.25, -0.2) is 10.4 Å². The fraction of sp³-hybridized carbons (Fsp3) is 0.333. The molecule has 5 heteroatoms. The van der Waals surface area contributed by atoms with Crippen LogP contribution in [0.4, 0.5) is 0 Å². The van der Waals surface area contributed by atoms with Crippen molar-refractivity contribution in [3.63, 3.8) is 0 Å². The van der Waals surface area contributed by atoms with Crippen molar-refractivity contribution in [2.45, 2.75) is 19.9 Å². The number of nitrogens with zero attached hydrogens (tertiary/aromatic N) is 3. The highest BCUT2D eigenvalue weighted by atomic mass is 15.3. The lowest BCUT2D eigenvalue weighted by molar-refractivity contribution is 0.578. The minimum Gasteiger partial charge on any atom is -0.336 e. The average Bonchev–Trinajstić information content (AvgIpc) is 2.65. The molecule has 0 amide bonds. The smallest absolute Gasteiger partial charge is 0.131 e. The highest BCUT2D eigenvalue weighted by Crippen LogP contribution is 2.20. The zero-order valence-electron chi connectivity index (χ0n) is 10.3. The van der Waals surface area contributed by atoms with Crippen LogP contribution in [-0.2, 0) is 7.05 Å². The van der Waals surface area contributed by atoms with Gasteiger partial charge in [0, 0.05) is 30.8 Å². The number of imidazole rings is 1. The summed E-state index contributed by atoms with van der Waals surface area (Å²) >= 11 is 0. The van der Waals surface area contributed by atoms with Gasteiger partial charge in [0.15, 0.2) is 0 Å². The predicted molar refractivity (Wildman–Crippen MR) is 66.1 cm³/mol. The molecule has 0 aliphatic rings. The Balaban J connectivity index is 2.45. The fourth-order valence-corrected chi connectivity index (χ4v) is 2.01. The van der Waals surface area contributed by atoms with Crippen LogP contribution in [0.25, 0.3) is 0 Å². The largest absolute Gasteiger partial charge is 0.336 e. The van der Waals surface area contributed by atoms with E-state index in [-0.39, 0.29) is 6.04 Å². The van der Waals surface area contributed by atoms with Crippen LogP contribution < -0.4 is 11.3 Å². The Kier molecular flexibility index (Phi) is 3.21. The molecule has 3 N–H and O–H groups in total. The van der Waals surface area contributed by atoms with Gasteiger partial charge in [-0.3, -0.25) is 10.8 Å². The van der Waals surface area contributed by atoms with Gasteiger partial charge in [-0.05, 0) is 31.5 Å². The molecule has 0 aliphatic heterocycles. The third kappa shape index (κ3) is 2.35. The van der Waals surface area contributed by atoms with E-state index in [0.29, 0.717) is 0 Å². The topological polar surface area (TPSA) is 68.8 Å². The maximum atomic E-state index is 5.64. The van der Waals surface area contributed by atoms with Crippen molar-refractivity contribution in [1.82, 2.24) is 20.0 Å². The van der Waals surface area contributed by atoms with E-state index in [0.717, 1.165) is 22.8 Å². The molecule has 0 bridgehead atoms. The summed E-state index contributed by atoms with van der Waals surface area (Å²) in [6.45, 7) is 3.95. The summed E-state index contributed by atoms with van der Waals surface area (Å²) in [7, 11) is 1.95. The Morgan fingerprint density at radius 1 is 1.29 bits per heavy atom. The molecule has 0 saturated carbocycles. The molecule has 0 fully saturated rings. The molecule has 1 unspecified atom stereocenters. The number of nitrogens with one attached hydrogen (secondary N) is 1. The van der Waals surface area contributed by atoms with Crippen LogP contribution in [0.2, 0.25) is 0 Å². The van der Waals surface area contributed by atoms with Gasteiger partial charge >= 0.3 is 0 Å². The van der Waals surface area contributed by atoms with E-state index >= 15 is 0 Å². The molecule has 90 valence electrons. The fourth-order valence-electron chi connectivity index (χ4n) is 2.01. The van der Waals surface area contributed by atoms with Gasteiger partial charge in [-0.2, -0.15) is 0 Å². The summed E-state index contributed by atoms with van der Waals surface area (Å²) in [4.78, 5) is 8.68. The molecular weight excluding hydrogens is 214 g/mol. The number of nitrogens with two attached hydrogens (primary N) is 1.